The molecule has 0 saturated heterocycles. The maximum Gasteiger partial charge on any atom is 0.387 e. The predicted molar refractivity (Wildman–Crippen MR) is 28.6 cm³/mol. The minimum Gasteiger partial charge on any atom is -0.171 e. The molecule has 0 aliphatic rings. The Morgan fingerprint density at radius 2 is 1.25 bits per heavy atom. The second-order valence-corrected chi connectivity index (χ2v) is 2.75. The Labute approximate surface area is 47.5 Å². The molecule has 4 heteroatoms. The number of rotatable bonds is 0. The van der Waals surface area contributed by atoms with Crippen molar-refractivity contribution in [1.29, 1.82) is 0 Å². The Balaban J connectivity index is 4.02. The van der Waals surface area contributed by atoms with Crippen LogP contribution in [-0.2, 0) is 0 Å². The van der Waals surface area contributed by atoms with Crippen LogP contribution in [-0.4, -0.2) is 14.0 Å². The molecule has 48 valence electrons. The zero-order valence-electron chi connectivity index (χ0n) is 5.13. The van der Waals surface area contributed by atoms with Crippen molar-refractivity contribution in [2.24, 2.45) is 0 Å². The molecule has 0 unspecified atom stereocenters. The van der Waals surface area contributed by atoms with Crippen LogP contribution in [0.5, 0.6) is 0 Å². The van der Waals surface area contributed by atoms with E-state index in [1.807, 2.05) is 0 Å². The third kappa shape index (κ3) is 1.76. The normalized spacial score (nSPS) is 14.1. The van der Waals surface area contributed by atoms with Gasteiger partial charge in [-0.1, -0.05) is 13.8 Å². The Morgan fingerprint density at radius 3 is 1.25 bits per heavy atom. The first-order valence-electron chi connectivity index (χ1n) is 2.32. The molecule has 0 aliphatic heterocycles. The van der Waals surface area contributed by atoms with Gasteiger partial charge in [-0.2, -0.15) is 13.2 Å². The maximum atomic E-state index is 11.6. The van der Waals surface area contributed by atoms with Gasteiger partial charge in [-0.3, -0.25) is 0 Å². The molecule has 0 aromatic heterocycles. The Hall–Kier alpha value is -0.145. The van der Waals surface area contributed by atoms with E-state index in [0.717, 1.165) is 21.7 Å². The van der Waals surface area contributed by atoms with Gasteiger partial charge in [0.05, 0.1) is 0 Å². The van der Waals surface area contributed by atoms with Crippen LogP contribution in [0.3, 0.4) is 0 Å². The van der Waals surface area contributed by atoms with Gasteiger partial charge in [-0.05, 0) is 0 Å². The zero-order valence-corrected chi connectivity index (χ0v) is 5.13. The largest absolute Gasteiger partial charge is 0.387 e. The molecule has 0 spiro atoms. The summed E-state index contributed by atoms with van der Waals surface area (Å²) in [6.45, 7) is 2.29. The van der Waals surface area contributed by atoms with Crippen LogP contribution in [0.25, 0.3) is 0 Å². The molecular weight excluding hydrogens is 116 g/mol. The summed E-state index contributed by atoms with van der Waals surface area (Å²) in [6, 6.07) is 0. The van der Waals surface area contributed by atoms with Crippen LogP contribution in [0, 0.1) is 0 Å². The average molecular weight is 124 g/mol. The Kier molecular flexibility index (Phi) is 1.64. The molecule has 0 rings (SSSR count). The standard InChI is InChI=1S/C4H8BF3/c1-3(2,5)4(6,7)8/h5H2,1-2H3. The van der Waals surface area contributed by atoms with Crippen molar-refractivity contribution in [1.82, 2.24) is 0 Å². The lowest BCUT2D eigenvalue weighted by Gasteiger charge is -2.21. The molecule has 0 bridgehead atoms. The summed E-state index contributed by atoms with van der Waals surface area (Å²) < 4.78 is 34.7. The molecule has 0 fully saturated rings. The fourth-order valence-electron chi connectivity index (χ4n) is 0. The van der Waals surface area contributed by atoms with Crippen LogP contribution >= 0.6 is 0 Å². The highest BCUT2D eigenvalue weighted by molar-refractivity contribution is 6.15. The first-order chi connectivity index (χ1) is 3.25. The van der Waals surface area contributed by atoms with E-state index in [2.05, 4.69) is 0 Å². The summed E-state index contributed by atoms with van der Waals surface area (Å²) in [7, 11) is 1.15. The smallest absolute Gasteiger partial charge is 0.171 e. The van der Waals surface area contributed by atoms with Gasteiger partial charge in [-0.15, -0.1) is 0 Å². The average Bonchev–Trinajstić information content (AvgIpc) is 1.25. The van der Waals surface area contributed by atoms with Crippen molar-refractivity contribution in [2.45, 2.75) is 25.3 Å². The van der Waals surface area contributed by atoms with Gasteiger partial charge in [0, 0.05) is 5.31 Å². The van der Waals surface area contributed by atoms with E-state index in [9.17, 15) is 13.2 Å². The van der Waals surface area contributed by atoms with Crippen molar-refractivity contribution < 1.29 is 13.2 Å². The second-order valence-electron chi connectivity index (χ2n) is 2.75. The molecule has 0 N–H and O–H groups in total. The molecule has 8 heavy (non-hydrogen) atoms. The van der Waals surface area contributed by atoms with E-state index < -0.39 is 11.5 Å². The fourth-order valence-corrected chi connectivity index (χ4v) is 0. The molecule has 0 radical (unpaired) electrons. The SMILES string of the molecule is BC(C)(C)C(F)(F)F. The topological polar surface area (TPSA) is 0 Å². The van der Waals surface area contributed by atoms with E-state index in [1.54, 1.807) is 0 Å². The third-order valence-electron chi connectivity index (χ3n) is 0.850. The van der Waals surface area contributed by atoms with Gasteiger partial charge in [0.2, 0.25) is 0 Å². The number of alkyl halides is 3. The van der Waals surface area contributed by atoms with Gasteiger partial charge < -0.3 is 0 Å². The summed E-state index contributed by atoms with van der Waals surface area (Å²) in [5.41, 5.74) is 0. The Bertz CT molecular complexity index is 66.3. The second kappa shape index (κ2) is 1.67. The molecule has 0 aromatic carbocycles. The minimum absolute atomic E-state index is 1.15. The summed E-state index contributed by atoms with van der Waals surface area (Å²) in [5, 5.41) is -1.56. The predicted octanol–water partition coefficient (Wildman–Crippen LogP) is 1.38. The summed E-state index contributed by atoms with van der Waals surface area (Å²) in [4.78, 5) is 0. The lowest BCUT2D eigenvalue weighted by molar-refractivity contribution is -0.156. The highest BCUT2D eigenvalue weighted by Crippen LogP contribution is 2.40. The first-order valence-corrected chi connectivity index (χ1v) is 2.32. The molecular formula is C4H8BF3. The van der Waals surface area contributed by atoms with Crippen molar-refractivity contribution in [3.63, 3.8) is 0 Å². The van der Waals surface area contributed by atoms with E-state index >= 15 is 0 Å². The molecule has 0 amide bonds. The van der Waals surface area contributed by atoms with Crippen LogP contribution in [0.15, 0.2) is 0 Å². The van der Waals surface area contributed by atoms with E-state index in [1.165, 1.54) is 0 Å². The van der Waals surface area contributed by atoms with Gasteiger partial charge in [0.15, 0.2) is 0 Å². The van der Waals surface area contributed by atoms with E-state index in [0.29, 0.717) is 0 Å². The van der Waals surface area contributed by atoms with Crippen LogP contribution in [0.2, 0.25) is 5.31 Å². The molecule has 0 saturated carbocycles. The summed E-state index contributed by atoms with van der Waals surface area (Å²) in [5.74, 6) is 0. The lowest BCUT2D eigenvalue weighted by Crippen LogP contribution is -2.25. The van der Waals surface area contributed by atoms with Crippen molar-refractivity contribution >= 4 is 7.85 Å². The highest BCUT2D eigenvalue weighted by atomic mass is 19.4. The van der Waals surface area contributed by atoms with Crippen LogP contribution < -0.4 is 0 Å². The van der Waals surface area contributed by atoms with Crippen molar-refractivity contribution in [3.05, 3.63) is 0 Å². The monoisotopic (exact) mass is 124 g/mol. The van der Waals surface area contributed by atoms with Gasteiger partial charge in [-0.25, -0.2) is 0 Å². The van der Waals surface area contributed by atoms with E-state index in [-0.39, 0.29) is 0 Å². The first kappa shape index (κ1) is 7.85. The minimum atomic E-state index is -4.06. The van der Waals surface area contributed by atoms with Crippen LogP contribution in [0.4, 0.5) is 13.2 Å². The molecule has 0 aliphatic carbocycles. The Morgan fingerprint density at radius 1 is 1.12 bits per heavy atom. The quantitative estimate of drug-likeness (QED) is 0.428. The third-order valence-corrected chi connectivity index (χ3v) is 0.850. The number of hydrogen-bond donors (Lipinski definition) is 0. The molecule has 0 heterocycles. The zero-order chi connectivity index (χ0) is 7.00. The summed E-state index contributed by atoms with van der Waals surface area (Å²) >= 11 is 0. The fraction of sp³-hybridized carbons (Fsp3) is 1.00. The number of halogens is 3. The van der Waals surface area contributed by atoms with Gasteiger partial charge in [0.1, 0.15) is 7.85 Å². The van der Waals surface area contributed by atoms with Gasteiger partial charge >= 0.3 is 6.18 Å². The molecule has 0 atom stereocenters. The number of hydrogen-bond acceptors (Lipinski definition) is 0. The maximum absolute atomic E-state index is 11.6. The van der Waals surface area contributed by atoms with Crippen LogP contribution in [0.1, 0.15) is 13.8 Å². The van der Waals surface area contributed by atoms with Crippen molar-refractivity contribution in [2.75, 3.05) is 0 Å². The summed E-state index contributed by atoms with van der Waals surface area (Å²) in [6.07, 6.45) is -4.06. The highest BCUT2D eigenvalue weighted by Gasteiger charge is 2.42. The molecule has 0 nitrogen and oxygen atoms in total. The lowest BCUT2D eigenvalue weighted by atomic mass is 9.72. The van der Waals surface area contributed by atoms with Gasteiger partial charge in [0.25, 0.3) is 0 Å². The van der Waals surface area contributed by atoms with Crippen molar-refractivity contribution in [3.8, 4) is 0 Å². The molecule has 0 aromatic rings. The van der Waals surface area contributed by atoms with E-state index in [4.69, 9.17) is 0 Å².